The Morgan fingerprint density at radius 1 is 1.28 bits per heavy atom. The van der Waals surface area contributed by atoms with E-state index in [1.807, 2.05) is 0 Å². The number of amides is 1. The van der Waals surface area contributed by atoms with Crippen molar-refractivity contribution in [2.75, 3.05) is 5.73 Å². The van der Waals surface area contributed by atoms with Crippen molar-refractivity contribution < 1.29 is 9.18 Å². The number of nitrogen functional groups attached to an aromatic ring is 1. The van der Waals surface area contributed by atoms with Crippen LogP contribution < -0.4 is 11.1 Å². The maximum absolute atomic E-state index is 13.0. The lowest BCUT2D eigenvalue weighted by atomic mass is 10.1. The molecule has 1 aromatic heterocycles. The fourth-order valence-corrected chi connectivity index (χ4v) is 1.50. The molecule has 0 radical (unpaired) electrons. The highest BCUT2D eigenvalue weighted by Gasteiger charge is 2.10. The summed E-state index contributed by atoms with van der Waals surface area (Å²) >= 11 is 0. The number of nitrogens with two attached hydrogens (primary N) is 1. The fraction of sp³-hybridized carbons (Fsp3) is 0.0769. The summed E-state index contributed by atoms with van der Waals surface area (Å²) in [6.07, 6.45) is 3.27. The van der Waals surface area contributed by atoms with Crippen LogP contribution in [0, 0.1) is 5.82 Å². The van der Waals surface area contributed by atoms with E-state index in [0.717, 1.165) is 11.6 Å². The molecule has 3 N–H and O–H groups in total. The van der Waals surface area contributed by atoms with Gasteiger partial charge in [-0.15, -0.1) is 0 Å². The highest BCUT2D eigenvalue weighted by Crippen LogP contribution is 2.13. The molecule has 0 aliphatic rings. The van der Waals surface area contributed by atoms with Crippen molar-refractivity contribution in [1.29, 1.82) is 0 Å². The normalized spacial score (nSPS) is 10.1. The lowest BCUT2D eigenvalue weighted by Crippen LogP contribution is -2.23. The number of carbonyl (C=O) groups excluding carboxylic acids is 1. The van der Waals surface area contributed by atoms with Crippen LogP contribution in [0.4, 0.5) is 10.1 Å². The van der Waals surface area contributed by atoms with Gasteiger partial charge in [-0.05, 0) is 35.9 Å². The zero-order valence-corrected chi connectivity index (χ0v) is 9.56. The van der Waals surface area contributed by atoms with Crippen LogP contribution in [0.3, 0.4) is 0 Å². The number of pyridine rings is 1. The third-order valence-electron chi connectivity index (χ3n) is 2.46. The van der Waals surface area contributed by atoms with E-state index in [1.165, 1.54) is 12.1 Å². The van der Waals surface area contributed by atoms with Gasteiger partial charge in [-0.25, -0.2) is 4.39 Å². The topological polar surface area (TPSA) is 68.0 Å². The Morgan fingerprint density at radius 2 is 2.00 bits per heavy atom. The molecule has 1 heterocycles. The average Bonchev–Trinajstić information content (AvgIpc) is 2.40. The van der Waals surface area contributed by atoms with Gasteiger partial charge in [-0.3, -0.25) is 9.78 Å². The SMILES string of the molecule is Nc1ccc(F)cc1C(=O)NCc1ccncc1. The second kappa shape index (κ2) is 5.27. The minimum atomic E-state index is -0.488. The number of nitrogens with zero attached hydrogens (tertiary/aromatic N) is 1. The van der Waals surface area contributed by atoms with Gasteiger partial charge >= 0.3 is 0 Å². The molecule has 5 heteroatoms. The maximum Gasteiger partial charge on any atom is 0.253 e. The number of anilines is 1. The molecule has 0 spiro atoms. The molecule has 2 rings (SSSR count). The van der Waals surface area contributed by atoms with Gasteiger partial charge in [0.05, 0.1) is 5.56 Å². The Morgan fingerprint density at radius 3 is 2.72 bits per heavy atom. The van der Waals surface area contributed by atoms with Crippen LogP contribution in [0.1, 0.15) is 15.9 Å². The van der Waals surface area contributed by atoms with Gasteiger partial charge in [0.15, 0.2) is 0 Å². The van der Waals surface area contributed by atoms with Gasteiger partial charge in [0.2, 0.25) is 0 Å². The van der Waals surface area contributed by atoms with Crippen molar-refractivity contribution in [3.05, 3.63) is 59.7 Å². The summed E-state index contributed by atoms with van der Waals surface area (Å²) < 4.78 is 13.0. The predicted octanol–water partition coefficient (Wildman–Crippen LogP) is 1.73. The number of aromatic nitrogens is 1. The number of rotatable bonds is 3. The maximum atomic E-state index is 13.0. The van der Waals surface area contributed by atoms with Crippen molar-refractivity contribution in [1.82, 2.24) is 10.3 Å². The van der Waals surface area contributed by atoms with E-state index in [0.29, 0.717) is 6.54 Å². The molecule has 1 aromatic carbocycles. The van der Waals surface area contributed by atoms with E-state index < -0.39 is 11.7 Å². The van der Waals surface area contributed by atoms with Gasteiger partial charge in [0, 0.05) is 24.6 Å². The third kappa shape index (κ3) is 2.82. The summed E-state index contributed by atoms with van der Waals surface area (Å²) in [4.78, 5) is 15.7. The minimum absolute atomic E-state index is 0.143. The molecule has 0 bridgehead atoms. The van der Waals surface area contributed by atoms with Gasteiger partial charge in [0.1, 0.15) is 5.82 Å². The van der Waals surface area contributed by atoms with Crippen molar-refractivity contribution in [3.8, 4) is 0 Å². The molecule has 0 fully saturated rings. The number of carbonyl (C=O) groups is 1. The lowest BCUT2D eigenvalue weighted by Gasteiger charge is -2.07. The van der Waals surface area contributed by atoms with Gasteiger partial charge < -0.3 is 11.1 Å². The zero-order valence-electron chi connectivity index (χ0n) is 9.56. The quantitative estimate of drug-likeness (QED) is 0.809. The van der Waals surface area contributed by atoms with Crippen LogP contribution >= 0.6 is 0 Å². The highest BCUT2D eigenvalue weighted by atomic mass is 19.1. The Balaban J connectivity index is 2.06. The lowest BCUT2D eigenvalue weighted by molar-refractivity contribution is 0.0951. The van der Waals surface area contributed by atoms with E-state index in [4.69, 9.17) is 5.73 Å². The molecular weight excluding hydrogens is 233 g/mol. The molecular formula is C13H12FN3O. The Bertz CT molecular complexity index is 557. The Hall–Kier alpha value is -2.43. The highest BCUT2D eigenvalue weighted by molar-refractivity contribution is 5.99. The summed E-state index contributed by atoms with van der Waals surface area (Å²) in [5.41, 5.74) is 6.93. The first-order valence-electron chi connectivity index (χ1n) is 5.39. The monoisotopic (exact) mass is 245 g/mol. The first kappa shape index (κ1) is 12.0. The largest absolute Gasteiger partial charge is 0.398 e. The van der Waals surface area contributed by atoms with Crippen molar-refractivity contribution in [2.24, 2.45) is 0 Å². The van der Waals surface area contributed by atoms with Crippen molar-refractivity contribution in [2.45, 2.75) is 6.54 Å². The fourth-order valence-electron chi connectivity index (χ4n) is 1.50. The van der Waals surface area contributed by atoms with Crippen LogP contribution in [-0.2, 0) is 6.54 Å². The van der Waals surface area contributed by atoms with Crippen molar-refractivity contribution in [3.63, 3.8) is 0 Å². The van der Waals surface area contributed by atoms with Crippen LogP contribution in [0.2, 0.25) is 0 Å². The number of benzene rings is 1. The molecule has 0 saturated carbocycles. The second-order valence-electron chi connectivity index (χ2n) is 3.77. The molecule has 92 valence electrons. The predicted molar refractivity (Wildman–Crippen MR) is 66.2 cm³/mol. The second-order valence-corrected chi connectivity index (χ2v) is 3.77. The van der Waals surface area contributed by atoms with E-state index >= 15 is 0 Å². The third-order valence-corrected chi connectivity index (χ3v) is 2.46. The molecule has 4 nitrogen and oxygen atoms in total. The molecule has 2 aromatic rings. The Kier molecular flexibility index (Phi) is 3.52. The number of hydrogen-bond donors (Lipinski definition) is 2. The zero-order chi connectivity index (χ0) is 13.0. The summed E-state index contributed by atoms with van der Waals surface area (Å²) in [5.74, 6) is -0.887. The average molecular weight is 245 g/mol. The summed E-state index contributed by atoms with van der Waals surface area (Å²) in [7, 11) is 0. The summed E-state index contributed by atoms with van der Waals surface area (Å²) in [6, 6.07) is 7.29. The van der Waals surface area contributed by atoms with E-state index in [-0.39, 0.29) is 11.3 Å². The number of nitrogens with one attached hydrogen (secondary N) is 1. The van der Waals surface area contributed by atoms with E-state index in [2.05, 4.69) is 10.3 Å². The summed E-state index contributed by atoms with van der Waals surface area (Å²) in [5, 5.41) is 2.67. The first-order chi connectivity index (χ1) is 8.66. The minimum Gasteiger partial charge on any atom is -0.398 e. The van der Waals surface area contributed by atoms with Crippen LogP contribution in [0.15, 0.2) is 42.7 Å². The van der Waals surface area contributed by atoms with Crippen molar-refractivity contribution >= 4 is 11.6 Å². The summed E-state index contributed by atoms with van der Waals surface area (Å²) in [6.45, 7) is 0.345. The van der Waals surface area contributed by atoms with Gasteiger partial charge in [-0.1, -0.05) is 0 Å². The van der Waals surface area contributed by atoms with Crippen LogP contribution in [0.5, 0.6) is 0 Å². The molecule has 0 atom stereocenters. The molecule has 1 amide bonds. The molecule has 18 heavy (non-hydrogen) atoms. The van der Waals surface area contributed by atoms with E-state index in [9.17, 15) is 9.18 Å². The van der Waals surface area contributed by atoms with Gasteiger partial charge in [0.25, 0.3) is 5.91 Å². The van der Waals surface area contributed by atoms with Crippen LogP contribution in [-0.4, -0.2) is 10.9 Å². The number of halogens is 1. The molecule has 0 aliphatic carbocycles. The molecule has 0 unspecified atom stereocenters. The number of hydrogen-bond acceptors (Lipinski definition) is 3. The first-order valence-corrected chi connectivity index (χ1v) is 5.39. The van der Waals surface area contributed by atoms with Gasteiger partial charge in [-0.2, -0.15) is 0 Å². The molecule has 0 saturated heterocycles. The smallest absolute Gasteiger partial charge is 0.253 e. The standard InChI is InChI=1S/C13H12FN3O/c14-10-1-2-12(15)11(7-10)13(18)17-8-9-3-5-16-6-4-9/h1-7H,8,15H2,(H,17,18). The molecule has 0 aliphatic heterocycles. The Labute approximate surface area is 104 Å². The van der Waals surface area contributed by atoms with Crippen LogP contribution in [0.25, 0.3) is 0 Å². The van der Waals surface area contributed by atoms with E-state index in [1.54, 1.807) is 24.5 Å².